The second kappa shape index (κ2) is 11.5. The van der Waals surface area contributed by atoms with Crippen LogP contribution in [0.4, 0.5) is 10.1 Å². The van der Waals surface area contributed by atoms with Gasteiger partial charge in [0.15, 0.2) is 6.17 Å². The van der Waals surface area contributed by atoms with E-state index in [1.54, 1.807) is 0 Å². The molecule has 1 fully saturated rings. The van der Waals surface area contributed by atoms with Crippen molar-refractivity contribution in [3.8, 4) is 0 Å². The van der Waals surface area contributed by atoms with E-state index in [0.717, 1.165) is 39.5 Å². The average Bonchev–Trinajstić information content (AvgIpc) is 3.39. The number of nitro benzene ring substituents is 1. The first kappa shape index (κ1) is 28.3. The molecule has 1 aliphatic heterocycles. The third kappa shape index (κ3) is 5.94. The lowest BCUT2D eigenvalue weighted by Gasteiger charge is -2.30. The van der Waals surface area contributed by atoms with E-state index >= 15 is 0 Å². The van der Waals surface area contributed by atoms with Crippen molar-refractivity contribution >= 4 is 33.5 Å². The highest BCUT2D eigenvalue weighted by atomic mass is 32.2. The molecule has 2 atom stereocenters. The standard InChI is InChI=1S/C25H22FN5O8S/c26-18-4-6-20(7-5-18)40(38,39)30-13-12-29(25(35)16-8-10-27-11-9-16)24(30)23(34)28-21(15-22(32)33)17-2-1-3-19(14-17)31(36)37/h1-11,14,21,24H,12-13,15H2,(H,28,34)(H,32,33). The number of carboxylic acids is 1. The summed E-state index contributed by atoms with van der Waals surface area (Å²) in [6.07, 6.45) is 0.237. The van der Waals surface area contributed by atoms with Crippen LogP contribution in [0.15, 0.2) is 78.0 Å². The Morgan fingerprint density at radius 1 is 1.10 bits per heavy atom. The lowest BCUT2D eigenvalue weighted by Crippen LogP contribution is -2.54. The van der Waals surface area contributed by atoms with Crippen LogP contribution in [0.3, 0.4) is 0 Å². The van der Waals surface area contributed by atoms with Gasteiger partial charge in [0.25, 0.3) is 17.5 Å². The van der Waals surface area contributed by atoms with Crippen molar-refractivity contribution in [1.29, 1.82) is 0 Å². The molecule has 4 rings (SSSR count). The zero-order valence-electron chi connectivity index (χ0n) is 20.6. The van der Waals surface area contributed by atoms with E-state index in [9.17, 15) is 42.4 Å². The summed E-state index contributed by atoms with van der Waals surface area (Å²) in [5.41, 5.74) is -0.143. The zero-order valence-corrected chi connectivity index (χ0v) is 21.4. The quantitative estimate of drug-likeness (QED) is 0.287. The van der Waals surface area contributed by atoms with Gasteiger partial charge in [-0.15, -0.1) is 0 Å². The third-order valence-corrected chi connectivity index (χ3v) is 8.02. The van der Waals surface area contributed by atoms with Crippen LogP contribution in [-0.4, -0.2) is 69.7 Å². The number of sulfonamides is 1. The van der Waals surface area contributed by atoms with Gasteiger partial charge >= 0.3 is 5.97 Å². The molecule has 1 aromatic heterocycles. The fraction of sp³-hybridized carbons (Fsp3) is 0.200. The van der Waals surface area contributed by atoms with Gasteiger partial charge in [-0.25, -0.2) is 12.8 Å². The second-order valence-corrected chi connectivity index (χ2v) is 10.6. The van der Waals surface area contributed by atoms with E-state index in [1.165, 1.54) is 42.7 Å². The van der Waals surface area contributed by atoms with Gasteiger partial charge in [0.2, 0.25) is 10.0 Å². The SMILES string of the molecule is O=C(O)CC(NC(=O)C1N(C(=O)c2ccncc2)CCN1S(=O)(=O)c1ccc(F)cc1)c1cccc([N+](=O)[O-])c1. The van der Waals surface area contributed by atoms with Crippen molar-refractivity contribution in [1.82, 2.24) is 19.5 Å². The van der Waals surface area contributed by atoms with Gasteiger partial charge in [-0.2, -0.15) is 4.31 Å². The number of carboxylic acid groups (broad SMARTS) is 1. The fourth-order valence-electron chi connectivity index (χ4n) is 4.27. The normalized spacial score (nSPS) is 16.3. The molecule has 0 spiro atoms. The van der Waals surface area contributed by atoms with Gasteiger partial charge in [-0.05, 0) is 42.0 Å². The maximum absolute atomic E-state index is 13.7. The minimum atomic E-state index is -4.45. The minimum absolute atomic E-state index is 0.0860. The molecule has 2 unspecified atom stereocenters. The van der Waals surface area contributed by atoms with Crippen LogP contribution in [0.2, 0.25) is 0 Å². The number of hydrogen-bond donors (Lipinski definition) is 2. The topological polar surface area (TPSA) is 180 Å². The van der Waals surface area contributed by atoms with Crippen LogP contribution in [-0.2, 0) is 19.6 Å². The summed E-state index contributed by atoms with van der Waals surface area (Å²) in [6, 6.07) is 10.3. The lowest BCUT2D eigenvalue weighted by molar-refractivity contribution is -0.384. The first-order chi connectivity index (χ1) is 19.0. The van der Waals surface area contributed by atoms with Gasteiger partial charge in [-0.3, -0.25) is 29.5 Å². The molecule has 2 aromatic carbocycles. The number of nitrogens with zero attached hydrogens (tertiary/aromatic N) is 4. The zero-order chi connectivity index (χ0) is 29.0. The van der Waals surface area contributed by atoms with Crippen LogP contribution in [0.5, 0.6) is 0 Å². The van der Waals surface area contributed by atoms with E-state index in [4.69, 9.17) is 0 Å². The van der Waals surface area contributed by atoms with E-state index in [-0.39, 0.29) is 34.8 Å². The molecule has 2 heterocycles. The molecule has 3 aromatic rings. The Morgan fingerprint density at radius 2 is 1.77 bits per heavy atom. The van der Waals surface area contributed by atoms with Crippen molar-refractivity contribution < 1.29 is 37.2 Å². The molecule has 40 heavy (non-hydrogen) atoms. The Bertz CT molecular complexity index is 1550. The van der Waals surface area contributed by atoms with Crippen LogP contribution >= 0.6 is 0 Å². The second-order valence-electron chi connectivity index (χ2n) is 8.69. The highest BCUT2D eigenvalue weighted by Crippen LogP contribution is 2.28. The first-order valence-electron chi connectivity index (χ1n) is 11.7. The Balaban J connectivity index is 1.74. The van der Waals surface area contributed by atoms with E-state index in [1.807, 2.05) is 0 Å². The molecule has 0 aliphatic carbocycles. The molecule has 0 bridgehead atoms. The molecule has 15 heteroatoms. The Labute approximate surface area is 227 Å². The number of pyridine rings is 1. The summed E-state index contributed by atoms with van der Waals surface area (Å²) in [4.78, 5) is 53.7. The number of aliphatic carboxylic acids is 1. The molecule has 208 valence electrons. The largest absolute Gasteiger partial charge is 0.481 e. The summed E-state index contributed by atoms with van der Waals surface area (Å²) >= 11 is 0. The van der Waals surface area contributed by atoms with E-state index < -0.39 is 57.2 Å². The Kier molecular flexibility index (Phi) is 8.16. The molecule has 13 nitrogen and oxygen atoms in total. The number of nitro groups is 1. The van der Waals surface area contributed by atoms with Crippen LogP contribution in [0, 0.1) is 15.9 Å². The predicted molar refractivity (Wildman–Crippen MR) is 136 cm³/mol. The number of hydrogen-bond acceptors (Lipinski definition) is 8. The van der Waals surface area contributed by atoms with Crippen molar-refractivity contribution in [3.05, 3.63) is 100 Å². The van der Waals surface area contributed by atoms with Gasteiger partial charge in [-0.1, -0.05) is 12.1 Å². The van der Waals surface area contributed by atoms with Gasteiger partial charge < -0.3 is 15.3 Å². The van der Waals surface area contributed by atoms with Crippen molar-refractivity contribution in [2.24, 2.45) is 0 Å². The number of carbonyl (C=O) groups excluding carboxylic acids is 2. The smallest absolute Gasteiger partial charge is 0.305 e. The number of carbonyl (C=O) groups is 3. The Hall–Kier alpha value is -4.76. The minimum Gasteiger partial charge on any atom is -0.481 e. The van der Waals surface area contributed by atoms with Gasteiger partial charge in [0.1, 0.15) is 5.82 Å². The number of nitrogens with one attached hydrogen (secondary N) is 1. The maximum atomic E-state index is 13.7. The number of benzene rings is 2. The lowest BCUT2D eigenvalue weighted by atomic mass is 10.0. The number of halogens is 1. The summed E-state index contributed by atoms with van der Waals surface area (Å²) in [5, 5.41) is 23.2. The van der Waals surface area contributed by atoms with Crippen LogP contribution in [0.25, 0.3) is 0 Å². The molecular weight excluding hydrogens is 549 g/mol. The van der Waals surface area contributed by atoms with Crippen molar-refractivity contribution in [2.45, 2.75) is 23.5 Å². The Morgan fingerprint density at radius 3 is 2.40 bits per heavy atom. The van der Waals surface area contributed by atoms with Crippen molar-refractivity contribution in [3.63, 3.8) is 0 Å². The highest BCUT2D eigenvalue weighted by molar-refractivity contribution is 7.89. The molecule has 0 saturated carbocycles. The number of amides is 2. The molecule has 2 N–H and O–H groups in total. The van der Waals surface area contributed by atoms with E-state index in [2.05, 4.69) is 10.3 Å². The molecule has 2 amide bonds. The summed E-state index contributed by atoms with van der Waals surface area (Å²) < 4.78 is 41.3. The van der Waals surface area contributed by atoms with Crippen LogP contribution in [0.1, 0.15) is 28.4 Å². The van der Waals surface area contributed by atoms with Gasteiger partial charge in [0.05, 0.1) is 22.3 Å². The number of non-ortho nitro benzene ring substituents is 1. The molecule has 1 aliphatic rings. The predicted octanol–water partition coefficient (Wildman–Crippen LogP) is 1.93. The number of rotatable bonds is 9. The highest BCUT2D eigenvalue weighted by Gasteiger charge is 2.47. The van der Waals surface area contributed by atoms with Gasteiger partial charge in [0, 0.05) is 43.2 Å². The summed E-state index contributed by atoms with van der Waals surface area (Å²) in [7, 11) is -4.45. The first-order valence-corrected chi connectivity index (χ1v) is 13.2. The average molecular weight is 572 g/mol. The monoisotopic (exact) mass is 571 g/mol. The van der Waals surface area contributed by atoms with E-state index in [0.29, 0.717) is 0 Å². The molecular formula is C25H22FN5O8S. The summed E-state index contributed by atoms with van der Waals surface area (Å²) in [6.45, 7) is -0.491. The van der Waals surface area contributed by atoms with Crippen LogP contribution < -0.4 is 5.32 Å². The summed E-state index contributed by atoms with van der Waals surface area (Å²) in [5.74, 6) is -3.76. The molecule has 1 saturated heterocycles. The maximum Gasteiger partial charge on any atom is 0.305 e. The fourth-order valence-corrected chi connectivity index (χ4v) is 5.82. The molecule has 0 radical (unpaired) electrons. The number of aromatic nitrogens is 1. The third-order valence-electron chi connectivity index (χ3n) is 6.15. The van der Waals surface area contributed by atoms with Crippen molar-refractivity contribution in [2.75, 3.05) is 13.1 Å².